The van der Waals surface area contributed by atoms with Gasteiger partial charge in [0.2, 0.25) is 0 Å². The standard InChI is InChI=1S/C7H12O4S.K/c1-4-6(12(9,10)11)7(8)5(2)3;/h6H,2,4H2,1,3H3,(H,9,10,11);/q;+1/p-1. The van der Waals surface area contributed by atoms with Crippen LogP contribution in [0.2, 0.25) is 0 Å². The summed E-state index contributed by atoms with van der Waals surface area (Å²) in [6.07, 6.45) is -0.00245. The zero-order valence-electron chi connectivity index (χ0n) is 8.03. The summed E-state index contributed by atoms with van der Waals surface area (Å²) in [4.78, 5) is 11.0. The number of ketones is 1. The van der Waals surface area contributed by atoms with E-state index in [0.717, 1.165) is 0 Å². The molecule has 0 aromatic rings. The smallest absolute Gasteiger partial charge is 0.747 e. The van der Waals surface area contributed by atoms with Crippen molar-refractivity contribution in [2.45, 2.75) is 25.5 Å². The van der Waals surface area contributed by atoms with E-state index in [4.69, 9.17) is 0 Å². The first-order valence-corrected chi connectivity index (χ1v) is 4.92. The van der Waals surface area contributed by atoms with Gasteiger partial charge in [-0.15, -0.1) is 0 Å². The summed E-state index contributed by atoms with van der Waals surface area (Å²) in [5.41, 5.74) is 0.0984. The summed E-state index contributed by atoms with van der Waals surface area (Å²) in [5.74, 6) is -0.687. The quantitative estimate of drug-likeness (QED) is 0.303. The second kappa shape index (κ2) is 6.44. The number of hydrogen-bond donors (Lipinski definition) is 0. The average molecular weight is 230 g/mol. The van der Waals surface area contributed by atoms with Crippen LogP contribution in [0.15, 0.2) is 12.2 Å². The molecule has 0 aliphatic heterocycles. The molecule has 6 heteroatoms. The van der Waals surface area contributed by atoms with E-state index in [9.17, 15) is 17.8 Å². The largest absolute Gasteiger partial charge is 1.00 e. The maximum absolute atomic E-state index is 11.0. The Kier molecular flexibility index (Phi) is 8.12. The van der Waals surface area contributed by atoms with Gasteiger partial charge in [-0.2, -0.15) is 0 Å². The molecule has 0 saturated heterocycles. The van der Waals surface area contributed by atoms with Gasteiger partial charge in [-0.3, -0.25) is 4.79 Å². The predicted molar refractivity (Wildman–Crippen MR) is 43.6 cm³/mol. The third kappa shape index (κ3) is 5.41. The van der Waals surface area contributed by atoms with Crippen LogP contribution in [-0.4, -0.2) is 24.0 Å². The van der Waals surface area contributed by atoms with E-state index in [1.165, 1.54) is 13.8 Å². The van der Waals surface area contributed by atoms with Gasteiger partial charge in [0.05, 0.1) is 0 Å². The molecule has 0 heterocycles. The van der Waals surface area contributed by atoms with Crippen LogP contribution in [0.1, 0.15) is 20.3 Å². The fourth-order valence-electron chi connectivity index (χ4n) is 0.795. The molecule has 1 unspecified atom stereocenters. The van der Waals surface area contributed by atoms with Gasteiger partial charge in [0.25, 0.3) is 0 Å². The minimum absolute atomic E-state index is 0. The molecule has 0 aromatic heterocycles. The third-order valence-corrected chi connectivity index (χ3v) is 2.68. The van der Waals surface area contributed by atoms with Crippen molar-refractivity contribution in [2.75, 3.05) is 0 Å². The fraction of sp³-hybridized carbons (Fsp3) is 0.571. The van der Waals surface area contributed by atoms with Crippen LogP contribution >= 0.6 is 0 Å². The summed E-state index contributed by atoms with van der Waals surface area (Å²) >= 11 is 0. The summed E-state index contributed by atoms with van der Waals surface area (Å²) in [6.45, 7) is 6.14. The SMILES string of the molecule is C=C(C)C(=O)C(CC)S(=O)(=O)[O-].[K+]. The molecule has 0 aliphatic carbocycles. The topological polar surface area (TPSA) is 74.3 Å². The van der Waals surface area contributed by atoms with Crippen molar-refractivity contribution in [1.82, 2.24) is 0 Å². The maximum atomic E-state index is 11.0. The zero-order chi connectivity index (χ0) is 9.94. The Balaban J connectivity index is 0. The second-order valence-corrected chi connectivity index (χ2v) is 4.09. The zero-order valence-corrected chi connectivity index (χ0v) is 12.0. The molecule has 70 valence electrons. The first-order valence-electron chi connectivity index (χ1n) is 3.45. The predicted octanol–water partition coefficient (Wildman–Crippen LogP) is -2.54. The Hall–Kier alpha value is 0.956. The van der Waals surface area contributed by atoms with Crippen LogP contribution in [0.25, 0.3) is 0 Å². The fourth-order valence-corrected chi connectivity index (χ4v) is 1.67. The number of hydrogen-bond acceptors (Lipinski definition) is 4. The van der Waals surface area contributed by atoms with E-state index >= 15 is 0 Å². The first-order chi connectivity index (χ1) is 5.30. The van der Waals surface area contributed by atoms with Gasteiger partial charge >= 0.3 is 51.4 Å². The van der Waals surface area contributed by atoms with Crippen LogP contribution in [0.4, 0.5) is 0 Å². The third-order valence-electron chi connectivity index (χ3n) is 1.43. The van der Waals surface area contributed by atoms with E-state index in [2.05, 4.69) is 6.58 Å². The van der Waals surface area contributed by atoms with Crippen LogP contribution in [0, 0.1) is 0 Å². The number of rotatable bonds is 4. The molecule has 0 aliphatic rings. The van der Waals surface area contributed by atoms with Gasteiger partial charge < -0.3 is 4.55 Å². The molecule has 0 fully saturated rings. The van der Waals surface area contributed by atoms with Crippen molar-refractivity contribution >= 4 is 15.9 Å². The molecule has 0 amide bonds. The van der Waals surface area contributed by atoms with Gasteiger partial charge in [0.15, 0.2) is 5.78 Å². The van der Waals surface area contributed by atoms with E-state index in [1.54, 1.807) is 0 Å². The Morgan fingerprint density at radius 1 is 1.54 bits per heavy atom. The molecule has 4 nitrogen and oxygen atoms in total. The molecule has 13 heavy (non-hydrogen) atoms. The van der Waals surface area contributed by atoms with Gasteiger partial charge in [-0.25, -0.2) is 8.42 Å². The van der Waals surface area contributed by atoms with Gasteiger partial charge in [-0.1, -0.05) is 13.5 Å². The molecule has 0 rings (SSSR count). The molecular weight excluding hydrogens is 219 g/mol. The number of carbonyl (C=O) groups excluding carboxylic acids is 1. The van der Waals surface area contributed by atoms with Gasteiger partial charge in [0, 0.05) is 0 Å². The molecular formula is C7H11KO4S. The molecule has 0 spiro atoms. The number of carbonyl (C=O) groups is 1. The van der Waals surface area contributed by atoms with Crippen molar-refractivity contribution in [3.8, 4) is 0 Å². The van der Waals surface area contributed by atoms with Crippen molar-refractivity contribution < 1.29 is 69.1 Å². The molecule has 0 saturated carbocycles. The van der Waals surface area contributed by atoms with Crippen molar-refractivity contribution in [3.63, 3.8) is 0 Å². The molecule has 0 radical (unpaired) electrons. The van der Waals surface area contributed by atoms with E-state index < -0.39 is 21.2 Å². The number of Topliss-reactive ketones (excluding diaryl/α,β-unsaturated/α-hetero) is 1. The number of allylic oxidation sites excluding steroid dienone is 1. The summed E-state index contributed by atoms with van der Waals surface area (Å²) < 4.78 is 31.5. The molecule has 1 atom stereocenters. The molecule has 0 N–H and O–H groups in total. The average Bonchev–Trinajstić information content (AvgIpc) is 1.85. The Bertz CT molecular complexity index is 294. The first kappa shape index (κ1) is 16.4. The minimum Gasteiger partial charge on any atom is -0.747 e. The van der Waals surface area contributed by atoms with Gasteiger partial charge in [0.1, 0.15) is 15.4 Å². The van der Waals surface area contributed by atoms with Crippen LogP contribution in [0.3, 0.4) is 0 Å². The Morgan fingerprint density at radius 2 is 1.92 bits per heavy atom. The van der Waals surface area contributed by atoms with E-state index in [0.29, 0.717) is 0 Å². The van der Waals surface area contributed by atoms with Crippen LogP contribution in [-0.2, 0) is 14.9 Å². The molecule has 0 aromatic carbocycles. The molecule has 0 bridgehead atoms. The van der Waals surface area contributed by atoms with E-state index in [1.807, 2.05) is 0 Å². The van der Waals surface area contributed by atoms with Crippen LogP contribution < -0.4 is 51.4 Å². The summed E-state index contributed by atoms with van der Waals surface area (Å²) in [6, 6.07) is 0. The Morgan fingerprint density at radius 3 is 2.00 bits per heavy atom. The second-order valence-electron chi connectivity index (χ2n) is 2.53. The van der Waals surface area contributed by atoms with Crippen LogP contribution in [0.5, 0.6) is 0 Å². The summed E-state index contributed by atoms with van der Waals surface area (Å²) in [5, 5.41) is -1.46. The monoisotopic (exact) mass is 230 g/mol. The maximum Gasteiger partial charge on any atom is 1.00 e. The minimum atomic E-state index is -4.52. The van der Waals surface area contributed by atoms with Crippen molar-refractivity contribution in [2.24, 2.45) is 0 Å². The van der Waals surface area contributed by atoms with Crippen molar-refractivity contribution in [1.29, 1.82) is 0 Å². The van der Waals surface area contributed by atoms with Crippen molar-refractivity contribution in [3.05, 3.63) is 12.2 Å². The normalized spacial score (nSPS) is 12.8. The van der Waals surface area contributed by atoms with E-state index in [-0.39, 0.29) is 63.4 Å². The Labute approximate surface area is 121 Å². The van der Waals surface area contributed by atoms with Gasteiger partial charge in [-0.05, 0) is 18.9 Å². The summed E-state index contributed by atoms with van der Waals surface area (Å²) in [7, 11) is -4.52.